The highest BCUT2D eigenvalue weighted by molar-refractivity contribution is 5.29. The van der Waals surface area contributed by atoms with E-state index in [0.717, 1.165) is 12.0 Å². The second-order valence-corrected chi connectivity index (χ2v) is 5.19. The molecule has 2 aromatic carbocycles. The Morgan fingerprint density at radius 1 is 1.05 bits per heavy atom. The third-order valence-electron chi connectivity index (χ3n) is 3.66. The second kappa shape index (κ2) is 6.93. The number of hydrogen-bond acceptors (Lipinski definition) is 1. The summed E-state index contributed by atoms with van der Waals surface area (Å²) < 4.78 is 0. The molecule has 0 bridgehead atoms. The lowest BCUT2D eigenvalue weighted by molar-refractivity contribution is 0.216. The van der Waals surface area contributed by atoms with Crippen LogP contribution in [-0.2, 0) is 6.42 Å². The average Bonchev–Trinajstić information content (AvgIpc) is 2.50. The molecule has 0 aliphatic carbocycles. The Bertz CT molecular complexity index is 563. The van der Waals surface area contributed by atoms with Crippen LogP contribution in [0.25, 0.3) is 0 Å². The van der Waals surface area contributed by atoms with Gasteiger partial charge in [0.2, 0.25) is 0 Å². The molecule has 0 unspecified atom stereocenters. The molecule has 1 N–H and O–H groups in total. The van der Waals surface area contributed by atoms with Gasteiger partial charge in [0.25, 0.3) is 0 Å². The van der Waals surface area contributed by atoms with Gasteiger partial charge in [0.05, 0.1) is 5.92 Å². The predicted molar refractivity (Wildman–Crippen MR) is 83.5 cm³/mol. The largest absolute Gasteiger partial charge is 0.396 e. The Kier molecular flexibility index (Phi) is 4.98. The fraction of sp³-hybridized carbons (Fsp3) is 0.263. The third kappa shape index (κ3) is 3.50. The monoisotopic (exact) mass is 264 g/mol. The Morgan fingerprint density at radius 3 is 2.25 bits per heavy atom. The van der Waals surface area contributed by atoms with E-state index in [9.17, 15) is 5.11 Å². The van der Waals surface area contributed by atoms with Gasteiger partial charge in [-0.25, -0.2) is 0 Å². The van der Waals surface area contributed by atoms with Crippen molar-refractivity contribution in [3.8, 4) is 12.3 Å². The Hall–Kier alpha value is -2.04. The van der Waals surface area contributed by atoms with Gasteiger partial charge in [-0.3, -0.25) is 0 Å². The summed E-state index contributed by atoms with van der Waals surface area (Å²) in [7, 11) is 0. The van der Waals surface area contributed by atoms with Gasteiger partial charge < -0.3 is 5.11 Å². The Labute approximate surface area is 121 Å². The molecule has 1 nitrogen and oxygen atoms in total. The molecule has 0 aliphatic rings. The molecule has 2 aromatic rings. The van der Waals surface area contributed by atoms with Gasteiger partial charge in [0, 0.05) is 12.5 Å². The molecular formula is C19H20O. The molecule has 0 amide bonds. The number of benzene rings is 2. The SMILES string of the molecule is C#C[C@H](c1ccccc1)[C@H](CO)Cc1ccc(C)cc1. The molecule has 20 heavy (non-hydrogen) atoms. The smallest absolute Gasteiger partial charge is 0.0502 e. The topological polar surface area (TPSA) is 20.2 Å². The highest BCUT2D eigenvalue weighted by atomic mass is 16.3. The van der Waals surface area contributed by atoms with Gasteiger partial charge in [0.15, 0.2) is 0 Å². The maximum atomic E-state index is 9.71. The highest BCUT2D eigenvalue weighted by Crippen LogP contribution is 2.27. The van der Waals surface area contributed by atoms with Crippen LogP contribution in [0.5, 0.6) is 0 Å². The minimum Gasteiger partial charge on any atom is -0.396 e. The lowest BCUT2D eigenvalue weighted by Gasteiger charge is -2.22. The van der Waals surface area contributed by atoms with Gasteiger partial charge in [-0.05, 0) is 24.5 Å². The Morgan fingerprint density at radius 2 is 1.70 bits per heavy atom. The molecule has 0 spiro atoms. The normalized spacial score (nSPS) is 13.4. The molecule has 0 saturated heterocycles. The molecule has 0 heterocycles. The number of rotatable bonds is 5. The summed E-state index contributed by atoms with van der Waals surface area (Å²) in [6, 6.07) is 18.4. The van der Waals surface area contributed by atoms with Gasteiger partial charge in [-0.2, -0.15) is 0 Å². The predicted octanol–water partition coefficient (Wildman–Crippen LogP) is 3.56. The number of aliphatic hydroxyl groups is 1. The van der Waals surface area contributed by atoms with E-state index < -0.39 is 0 Å². The second-order valence-electron chi connectivity index (χ2n) is 5.19. The lowest BCUT2D eigenvalue weighted by atomic mass is 9.83. The number of aryl methyl sites for hydroxylation is 1. The van der Waals surface area contributed by atoms with Crippen molar-refractivity contribution in [2.75, 3.05) is 6.61 Å². The van der Waals surface area contributed by atoms with E-state index in [0.29, 0.717) is 0 Å². The van der Waals surface area contributed by atoms with E-state index in [-0.39, 0.29) is 18.4 Å². The van der Waals surface area contributed by atoms with E-state index >= 15 is 0 Å². The van der Waals surface area contributed by atoms with Crippen molar-refractivity contribution < 1.29 is 5.11 Å². The van der Waals surface area contributed by atoms with Gasteiger partial charge >= 0.3 is 0 Å². The van der Waals surface area contributed by atoms with Crippen molar-refractivity contribution in [1.29, 1.82) is 0 Å². The molecule has 0 aliphatic heterocycles. The van der Waals surface area contributed by atoms with Crippen molar-refractivity contribution in [3.05, 3.63) is 71.3 Å². The first-order valence-corrected chi connectivity index (χ1v) is 6.92. The maximum Gasteiger partial charge on any atom is 0.0502 e. The van der Waals surface area contributed by atoms with Crippen LogP contribution in [-0.4, -0.2) is 11.7 Å². The van der Waals surface area contributed by atoms with Crippen LogP contribution in [0.15, 0.2) is 54.6 Å². The van der Waals surface area contributed by atoms with E-state index in [1.807, 2.05) is 30.3 Å². The summed E-state index contributed by atoms with van der Waals surface area (Å²) >= 11 is 0. The molecule has 0 saturated carbocycles. The minimum absolute atomic E-state index is 0.0464. The van der Waals surface area contributed by atoms with E-state index in [1.165, 1.54) is 11.1 Å². The zero-order chi connectivity index (χ0) is 14.4. The number of hydrogen-bond donors (Lipinski definition) is 1. The first-order chi connectivity index (χ1) is 9.74. The number of aliphatic hydroxyl groups excluding tert-OH is 1. The molecular weight excluding hydrogens is 244 g/mol. The Balaban J connectivity index is 2.18. The lowest BCUT2D eigenvalue weighted by Crippen LogP contribution is -2.18. The first kappa shape index (κ1) is 14.4. The van der Waals surface area contributed by atoms with Crippen molar-refractivity contribution in [3.63, 3.8) is 0 Å². The van der Waals surface area contributed by atoms with Gasteiger partial charge in [-0.1, -0.05) is 66.1 Å². The summed E-state index contributed by atoms with van der Waals surface area (Å²) in [5.74, 6) is 2.83. The van der Waals surface area contributed by atoms with Crippen LogP contribution < -0.4 is 0 Å². The molecule has 1 heteroatoms. The molecule has 0 aromatic heterocycles. The first-order valence-electron chi connectivity index (χ1n) is 6.92. The van der Waals surface area contributed by atoms with E-state index in [1.54, 1.807) is 0 Å². The number of terminal acetylenes is 1. The van der Waals surface area contributed by atoms with E-state index in [4.69, 9.17) is 6.42 Å². The van der Waals surface area contributed by atoms with Crippen LogP contribution in [0.3, 0.4) is 0 Å². The molecule has 0 radical (unpaired) electrons. The standard InChI is InChI=1S/C19H20O/c1-3-19(17-7-5-4-6-8-17)18(14-20)13-16-11-9-15(2)10-12-16/h1,4-12,18-20H,13-14H2,2H3/t18-,19+/m0/s1. The third-order valence-corrected chi connectivity index (χ3v) is 3.66. The highest BCUT2D eigenvalue weighted by Gasteiger charge is 2.20. The fourth-order valence-electron chi connectivity index (χ4n) is 2.48. The van der Waals surface area contributed by atoms with Crippen LogP contribution in [0.1, 0.15) is 22.6 Å². The molecule has 2 rings (SSSR count). The van der Waals surface area contributed by atoms with Crippen LogP contribution >= 0.6 is 0 Å². The summed E-state index contributed by atoms with van der Waals surface area (Å²) in [6.45, 7) is 2.17. The summed E-state index contributed by atoms with van der Waals surface area (Å²) in [6.07, 6.45) is 6.49. The summed E-state index contributed by atoms with van der Waals surface area (Å²) in [5.41, 5.74) is 3.55. The maximum absolute atomic E-state index is 9.71. The van der Waals surface area contributed by atoms with Gasteiger partial charge in [0.1, 0.15) is 0 Å². The van der Waals surface area contributed by atoms with Crippen molar-refractivity contribution in [2.45, 2.75) is 19.3 Å². The van der Waals surface area contributed by atoms with Crippen LogP contribution in [0, 0.1) is 25.2 Å². The van der Waals surface area contributed by atoms with Crippen LogP contribution in [0.2, 0.25) is 0 Å². The zero-order valence-corrected chi connectivity index (χ0v) is 11.8. The fourth-order valence-corrected chi connectivity index (χ4v) is 2.48. The average molecular weight is 264 g/mol. The molecule has 0 fully saturated rings. The molecule has 2 atom stereocenters. The van der Waals surface area contributed by atoms with Gasteiger partial charge in [-0.15, -0.1) is 6.42 Å². The molecule has 102 valence electrons. The summed E-state index contributed by atoms with van der Waals surface area (Å²) in [5, 5.41) is 9.71. The van der Waals surface area contributed by atoms with Crippen molar-refractivity contribution >= 4 is 0 Å². The quantitative estimate of drug-likeness (QED) is 0.819. The van der Waals surface area contributed by atoms with E-state index in [2.05, 4.69) is 37.1 Å². The van der Waals surface area contributed by atoms with Crippen molar-refractivity contribution in [2.24, 2.45) is 5.92 Å². The van der Waals surface area contributed by atoms with Crippen molar-refractivity contribution in [1.82, 2.24) is 0 Å². The summed E-state index contributed by atoms with van der Waals surface area (Å²) in [4.78, 5) is 0. The van der Waals surface area contributed by atoms with Crippen LogP contribution in [0.4, 0.5) is 0 Å². The minimum atomic E-state index is -0.0532. The zero-order valence-electron chi connectivity index (χ0n) is 11.8.